The van der Waals surface area contributed by atoms with E-state index in [4.69, 9.17) is 0 Å². The van der Waals surface area contributed by atoms with Crippen molar-refractivity contribution in [3.05, 3.63) is 54.9 Å². The van der Waals surface area contributed by atoms with Gasteiger partial charge in [0.15, 0.2) is 5.82 Å². The fourth-order valence-electron chi connectivity index (χ4n) is 2.07. The molecule has 19 heavy (non-hydrogen) atoms. The third-order valence-corrected chi connectivity index (χ3v) is 2.87. The van der Waals surface area contributed by atoms with Gasteiger partial charge in [0.05, 0.1) is 5.69 Å². The SMILES string of the molecule is O=C=Nc1cccc2c(-c3ncccn3)cccc12. The van der Waals surface area contributed by atoms with Gasteiger partial charge in [0.1, 0.15) is 0 Å². The first-order chi connectivity index (χ1) is 9.40. The lowest BCUT2D eigenvalue weighted by Gasteiger charge is -2.06. The molecule has 0 aliphatic carbocycles. The topological polar surface area (TPSA) is 55.2 Å². The molecular weight excluding hydrogens is 238 g/mol. The summed E-state index contributed by atoms with van der Waals surface area (Å²) in [4.78, 5) is 22.7. The Kier molecular flexibility index (Phi) is 2.85. The van der Waals surface area contributed by atoms with E-state index in [1.165, 1.54) is 0 Å². The number of hydrogen-bond donors (Lipinski definition) is 0. The highest BCUT2D eigenvalue weighted by molar-refractivity contribution is 6.01. The predicted octanol–water partition coefficient (Wildman–Crippen LogP) is 3.26. The molecule has 0 radical (unpaired) electrons. The summed E-state index contributed by atoms with van der Waals surface area (Å²) in [5, 5.41) is 1.85. The summed E-state index contributed by atoms with van der Waals surface area (Å²) < 4.78 is 0. The van der Waals surface area contributed by atoms with E-state index in [0.29, 0.717) is 11.5 Å². The molecule has 0 bridgehead atoms. The Labute approximate surface area is 109 Å². The van der Waals surface area contributed by atoms with E-state index in [1.807, 2.05) is 30.3 Å². The molecule has 1 heterocycles. The highest BCUT2D eigenvalue weighted by atomic mass is 16.1. The molecule has 4 heteroatoms. The fourth-order valence-corrected chi connectivity index (χ4v) is 2.07. The fraction of sp³-hybridized carbons (Fsp3) is 0. The molecule has 0 spiro atoms. The van der Waals surface area contributed by atoms with Crippen molar-refractivity contribution >= 4 is 22.5 Å². The van der Waals surface area contributed by atoms with Gasteiger partial charge >= 0.3 is 0 Å². The number of hydrogen-bond acceptors (Lipinski definition) is 4. The number of fused-ring (bicyclic) bond motifs is 1. The number of carbonyl (C=O) groups excluding carboxylic acids is 1. The van der Waals surface area contributed by atoms with E-state index >= 15 is 0 Å². The smallest absolute Gasteiger partial charge is 0.237 e. The Morgan fingerprint density at radius 1 is 0.895 bits per heavy atom. The van der Waals surface area contributed by atoms with Crippen LogP contribution in [0.15, 0.2) is 59.9 Å². The third-order valence-electron chi connectivity index (χ3n) is 2.87. The molecule has 0 aliphatic heterocycles. The molecule has 0 N–H and O–H groups in total. The van der Waals surface area contributed by atoms with Crippen molar-refractivity contribution in [1.82, 2.24) is 9.97 Å². The first-order valence-electron chi connectivity index (χ1n) is 5.77. The Morgan fingerprint density at radius 2 is 1.63 bits per heavy atom. The molecule has 90 valence electrons. The maximum Gasteiger partial charge on any atom is 0.240 e. The quantitative estimate of drug-likeness (QED) is 0.516. The molecule has 2 aromatic carbocycles. The minimum Gasteiger partial charge on any atom is -0.237 e. The maximum absolute atomic E-state index is 10.5. The minimum absolute atomic E-state index is 0.602. The third kappa shape index (κ3) is 2.01. The molecule has 3 rings (SSSR count). The standard InChI is InChI=1S/C15H9N3O/c19-10-18-14-7-2-4-11-12(14)5-1-6-13(11)15-16-8-3-9-17-15/h1-9H. The normalized spacial score (nSPS) is 10.1. The van der Waals surface area contributed by atoms with Crippen LogP contribution >= 0.6 is 0 Å². The summed E-state index contributed by atoms with van der Waals surface area (Å²) in [5.41, 5.74) is 1.52. The number of aromatic nitrogens is 2. The van der Waals surface area contributed by atoms with Gasteiger partial charge in [-0.3, -0.25) is 0 Å². The van der Waals surface area contributed by atoms with E-state index in [2.05, 4.69) is 15.0 Å². The molecule has 1 aromatic heterocycles. The molecule has 0 amide bonds. The van der Waals surface area contributed by atoms with E-state index in [-0.39, 0.29) is 0 Å². The summed E-state index contributed by atoms with van der Waals surface area (Å²) in [6, 6.07) is 13.1. The van der Waals surface area contributed by atoms with Gasteiger partial charge < -0.3 is 0 Å². The predicted molar refractivity (Wildman–Crippen MR) is 72.8 cm³/mol. The van der Waals surface area contributed by atoms with Crippen molar-refractivity contribution in [2.75, 3.05) is 0 Å². The Hall–Kier alpha value is -2.84. The number of nitrogens with zero attached hydrogens (tertiary/aromatic N) is 3. The number of aliphatic imine (C=N–C) groups is 1. The van der Waals surface area contributed by atoms with E-state index in [9.17, 15) is 4.79 Å². The van der Waals surface area contributed by atoms with Crippen molar-refractivity contribution in [2.24, 2.45) is 4.99 Å². The van der Waals surface area contributed by atoms with Crippen molar-refractivity contribution in [3.63, 3.8) is 0 Å². The van der Waals surface area contributed by atoms with Crippen LogP contribution in [-0.4, -0.2) is 16.0 Å². The van der Waals surface area contributed by atoms with Crippen molar-refractivity contribution < 1.29 is 4.79 Å². The van der Waals surface area contributed by atoms with Crippen LogP contribution in [0.4, 0.5) is 5.69 Å². The summed E-state index contributed by atoms with van der Waals surface area (Å²) in [5.74, 6) is 0.653. The lowest BCUT2D eigenvalue weighted by atomic mass is 10.0. The molecular formula is C15H9N3O. The maximum atomic E-state index is 10.5. The summed E-state index contributed by atoms with van der Waals surface area (Å²) in [7, 11) is 0. The second-order valence-electron chi connectivity index (χ2n) is 3.95. The average Bonchev–Trinajstić information content (AvgIpc) is 2.48. The van der Waals surface area contributed by atoms with Crippen LogP contribution in [0.3, 0.4) is 0 Å². The van der Waals surface area contributed by atoms with E-state index < -0.39 is 0 Å². The molecule has 0 unspecified atom stereocenters. The van der Waals surface area contributed by atoms with Crippen LogP contribution in [-0.2, 0) is 4.79 Å². The Morgan fingerprint density at radius 3 is 2.42 bits per heavy atom. The van der Waals surface area contributed by atoms with Crippen LogP contribution in [0.2, 0.25) is 0 Å². The van der Waals surface area contributed by atoms with Crippen LogP contribution in [0.5, 0.6) is 0 Å². The van der Waals surface area contributed by atoms with Gasteiger partial charge in [0, 0.05) is 23.3 Å². The highest BCUT2D eigenvalue weighted by Crippen LogP contribution is 2.31. The lowest BCUT2D eigenvalue weighted by molar-refractivity contribution is 0.565. The van der Waals surface area contributed by atoms with E-state index in [0.717, 1.165) is 16.3 Å². The van der Waals surface area contributed by atoms with Gasteiger partial charge in [0.25, 0.3) is 0 Å². The highest BCUT2D eigenvalue weighted by Gasteiger charge is 2.07. The van der Waals surface area contributed by atoms with Crippen LogP contribution in [0.1, 0.15) is 0 Å². The molecule has 0 saturated heterocycles. The van der Waals surface area contributed by atoms with Crippen LogP contribution < -0.4 is 0 Å². The second kappa shape index (κ2) is 4.80. The molecule has 4 nitrogen and oxygen atoms in total. The van der Waals surface area contributed by atoms with Crippen molar-refractivity contribution in [1.29, 1.82) is 0 Å². The summed E-state index contributed by atoms with van der Waals surface area (Å²) >= 11 is 0. The zero-order chi connectivity index (χ0) is 13.1. The van der Waals surface area contributed by atoms with Crippen LogP contribution in [0, 0.1) is 0 Å². The average molecular weight is 247 g/mol. The van der Waals surface area contributed by atoms with Crippen molar-refractivity contribution in [3.8, 4) is 11.4 Å². The van der Waals surface area contributed by atoms with Gasteiger partial charge in [0.2, 0.25) is 6.08 Å². The van der Waals surface area contributed by atoms with Crippen LogP contribution in [0.25, 0.3) is 22.2 Å². The summed E-state index contributed by atoms with van der Waals surface area (Å²) in [6.45, 7) is 0. The zero-order valence-corrected chi connectivity index (χ0v) is 9.95. The molecule has 0 aliphatic rings. The molecule has 0 saturated carbocycles. The lowest BCUT2D eigenvalue weighted by Crippen LogP contribution is -1.88. The largest absolute Gasteiger partial charge is 0.240 e. The van der Waals surface area contributed by atoms with Gasteiger partial charge in [-0.2, -0.15) is 4.99 Å². The first-order valence-corrected chi connectivity index (χ1v) is 5.77. The first kappa shape index (κ1) is 11.3. The number of rotatable bonds is 2. The Balaban J connectivity index is 2.34. The summed E-state index contributed by atoms with van der Waals surface area (Å²) in [6.07, 6.45) is 4.99. The molecule has 0 atom stereocenters. The van der Waals surface area contributed by atoms with Gasteiger partial charge in [-0.05, 0) is 17.5 Å². The zero-order valence-electron chi connectivity index (χ0n) is 9.95. The van der Waals surface area contributed by atoms with Gasteiger partial charge in [-0.15, -0.1) is 0 Å². The second-order valence-corrected chi connectivity index (χ2v) is 3.95. The van der Waals surface area contributed by atoms with Gasteiger partial charge in [-0.1, -0.05) is 30.3 Å². The van der Waals surface area contributed by atoms with Crippen molar-refractivity contribution in [2.45, 2.75) is 0 Å². The molecule has 3 aromatic rings. The monoisotopic (exact) mass is 247 g/mol. The number of isocyanates is 1. The van der Waals surface area contributed by atoms with Gasteiger partial charge in [-0.25, -0.2) is 14.8 Å². The Bertz CT molecular complexity index is 778. The minimum atomic E-state index is 0.602. The number of benzene rings is 2. The molecule has 0 fully saturated rings. The van der Waals surface area contributed by atoms with E-state index in [1.54, 1.807) is 30.6 Å².